The third-order valence-corrected chi connectivity index (χ3v) is 4.56. The van der Waals surface area contributed by atoms with Crippen molar-refractivity contribution < 1.29 is 4.39 Å². The average molecular weight is 367 g/mol. The number of hydrogen-bond acceptors (Lipinski definition) is 4. The van der Waals surface area contributed by atoms with Gasteiger partial charge in [0, 0.05) is 5.39 Å². The summed E-state index contributed by atoms with van der Waals surface area (Å²) >= 11 is 0. The summed E-state index contributed by atoms with van der Waals surface area (Å²) in [7, 11) is 0. The fourth-order valence-corrected chi connectivity index (χ4v) is 3.16. The first kappa shape index (κ1) is 16.3. The number of halogens is 1. The molecule has 134 valence electrons. The largest absolute Gasteiger partial charge is 0.228 e. The van der Waals surface area contributed by atoms with E-state index >= 15 is 0 Å². The Balaban J connectivity index is 1.64. The van der Waals surface area contributed by atoms with Gasteiger partial charge in [-0.1, -0.05) is 54.6 Å². The van der Waals surface area contributed by atoms with Gasteiger partial charge in [0.05, 0.1) is 5.52 Å². The van der Waals surface area contributed by atoms with Crippen LogP contribution in [0.15, 0.2) is 72.8 Å². The van der Waals surface area contributed by atoms with Crippen LogP contribution < -0.4 is 0 Å². The molecule has 2 aromatic heterocycles. The van der Waals surface area contributed by atoms with Crippen molar-refractivity contribution >= 4 is 28.7 Å². The van der Waals surface area contributed by atoms with Gasteiger partial charge in [-0.3, -0.25) is 0 Å². The number of benzene rings is 3. The van der Waals surface area contributed by atoms with Crippen molar-refractivity contribution in [1.82, 2.24) is 25.0 Å². The monoisotopic (exact) mass is 367 g/mol. The standard InChI is InChI=1S/C22H14FN5/c23-18-10-7-16(8-11-18)17-9-12-20-19(14-17)22-25-26-27-28(22)21(24-20)13-6-15-4-2-1-3-5-15/h1-14H/b13-6+. The zero-order valence-electron chi connectivity index (χ0n) is 14.7. The third kappa shape index (κ3) is 2.91. The molecule has 0 saturated heterocycles. The Morgan fingerprint density at radius 2 is 1.61 bits per heavy atom. The van der Waals surface area contributed by atoms with Gasteiger partial charge in [0.1, 0.15) is 5.82 Å². The summed E-state index contributed by atoms with van der Waals surface area (Å²) in [6.45, 7) is 0. The van der Waals surface area contributed by atoms with Gasteiger partial charge in [-0.15, -0.1) is 5.10 Å². The van der Waals surface area contributed by atoms with Crippen molar-refractivity contribution in [3.63, 3.8) is 0 Å². The summed E-state index contributed by atoms with van der Waals surface area (Å²) in [6, 6.07) is 22.2. The molecule has 6 heteroatoms. The second-order valence-corrected chi connectivity index (χ2v) is 6.37. The van der Waals surface area contributed by atoms with Crippen molar-refractivity contribution in [2.75, 3.05) is 0 Å². The first-order valence-electron chi connectivity index (χ1n) is 8.79. The van der Waals surface area contributed by atoms with E-state index in [0.29, 0.717) is 11.5 Å². The van der Waals surface area contributed by atoms with Crippen LogP contribution in [0.5, 0.6) is 0 Å². The minimum absolute atomic E-state index is 0.259. The molecule has 0 unspecified atom stereocenters. The molecule has 0 fully saturated rings. The minimum Gasteiger partial charge on any atom is -0.228 e. The fraction of sp³-hybridized carbons (Fsp3) is 0. The Bertz CT molecular complexity index is 1310. The van der Waals surface area contributed by atoms with Crippen molar-refractivity contribution in [2.24, 2.45) is 0 Å². The maximum atomic E-state index is 13.2. The number of aromatic nitrogens is 5. The molecule has 0 saturated carbocycles. The van der Waals surface area contributed by atoms with Crippen molar-refractivity contribution in [2.45, 2.75) is 0 Å². The fourth-order valence-electron chi connectivity index (χ4n) is 3.16. The zero-order chi connectivity index (χ0) is 18.9. The summed E-state index contributed by atoms with van der Waals surface area (Å²) in [4.78, 5) is 4.71. The molecule has 5 rings (SSSR count). The number of tetrazole rings is 1. The molecule has 0 bridgehead atoms. The van der Waals surface area contributed by atoms with Crippen LogP contribution in [0.25, 0.3) is 39.8 Å². The first-order valence-corrected chi connectivity index (χ1v) is 8.79. The molecular formula is C22H14FN5. The van der Waals surface area contributed by atoms with Gasteiger partial charge in [0.15, 0.2) is 11.5 Å². The highest BCUT2D eigenvalue weighted by atomic mass is 19.1. The van der Waals surface area contributed by atoms with Gasteiger partial charge < -0.3 is 0 Å². The molecule has 2 heterocycles. The lowest BCUT2D eigenvalue weighted by atomic mass is 10.0. The van der Waals surface area contributed by atoms with Crippen LogP contribution in [-0.4, -0.2) is 25.0 Å². The van der Waals surface area contributed by atoms with Gasteiger partial charge in [0.25, 0.3) is 0 Å². The molecule has 5 aromatic rings. The van der Waals surface area contributed by atoms with Crippen LogP contribution in [0.3, 0.4) is 0 Å². The van der Waals surface area contributed by atoms with Crippen LogP contribution in [0.2, 0.25) is 0 Å². The van der Waals surface area contributed by atoms with Gasteiger partial charge in [0.2, 0.25) is 0 Å². The van der Waals surface area contributed by atoms with Gasteiger partial charge in [-0.25, -0.2) is 9.37 Å². The molecule has 0 spiro atoms. The second kappa shape index (κ2) is 6.66. The van der Waals surface area contributed by atoms with E-state index in [2.05, 4.69) is 15.5 Å². The normalized spacial score (nSPS) is 11.6. The molecule has 0 aliphatic carbocycles. The minimum atomic E-state index is -0.259. The van der Waals surface area contributed by atoms with E-state index in [-0.39, 0.29) is 5.82 Å². The maximum Gasteiger partial charge on any atom is 0.191 e. The lowest BCUT2D eigenvalue weighted by Gasteiger charge is -2.06. The Hall–Kier alpha value is -3.93. The molecule has 5 nitrogen and oxygen atoms in total. The average Bonchev–Trinajstić information content (AvgIpc) is 3.23. The summed E-state index contributed by atoms with van der Waals surface area (Å²) in [5.74, 6) is 0.385. The number of nitrogens with zero attached hydrogens (tertiary/aromatic N) is 5. The van der Waals surface area contributed by atoms with E-state index in [4.69, 9.17) is 4.98 Å². The topological polar surface area (TPSA) is 56.0 Å². The van der Waals surface area contributed by atoms with E-state index in [1.54, 1.807) is 16.6 Å². The molecule has 0 aliphatic heterocycles. The summed E-state index contributed by atoms with van der Waals surface area (Å²) in [6.07, 6.45) is 3.87. The molecule has 0 radical (unpaired) electrons. The summed E-state index contributed by atoms with van der Waals surface area (Å²) in [5, 5.41) is 12.9. The van der Waals surface area contributed by atoms with Gasteiger partial charge in [-0.2, -0.15) is 4.52 Å². The van der Waals surface area contributed by atoms with E-state index in [9.17, 15) is 4.39 Å². The quantitative estimate of drug-likeness (QED) is 0.466. The van der Waals surface area contributed by atoms with Crippen LogP contribution in [0, 0.1) is 5.82 Å². The molecule has 0 amide bonds. The third-order valence-electron chi connectivity index (χ3n) is 4.56. The smallest absolute Gasteiger partial charge is 0.191 e. The van der Waals surface area contributed by atoms with Crippen molar-refractivity contribution in [3.05, 3.63) is 90.0 Å². The lowest BCUT2D eigenvalue weighted by Crippen LogP contribution is -1.99. The predicted molar refractivity (Wildman–Crippen MR) is 107 cm³/mol. The predicted octanol–water partition coefficient (Wildman–Crippen LogP) is 4.65. The Labute approximate surface area is 159 Å². The van der Waals surface area contributed by atoms with E-state index in [1.165, 1.54) is 12.1 Å². The lowest BCUT2D eigenvalue weighted by molar-refractivity contribution is 0.628. The van der Waals surface area contributed by atoms with E-state index in [0.717, 1.165) is 27.6 Å². The number of rotatable bonds is 3. The van der Waals surface area contributed by atoms with Crippen LogP contribution in [0.4, 0.5) is 4.39 Å². The SMILES string of the molecule is Fc1ccc(-c2ccc3nc(/C=C/c4ccccc4)n4nnnc4c3c2)cc1. The highest BCUT2D eigenvalue weighted by molar-refractivity contribution is 5.95. The maximum absolute atomic E-state index is 13.2. The number of fused-ring (bicyclic) bond motifs is 3. The second-order valence-electron chi connectivity index (χ2n) is 6.37. The molecule has 0 N–H and O–H groups in total. The summed E-state index contributed by atoms with van der Waals surface area (Å²) < 4.78 is 14.8. The van der Waals surface area contributed by atoms with Crippen LogP contribution in [-0.2, 0) is 0 Å². The van der Waals surface area contributed by atoms with Crippen LogP contribution in [0.1, 0.15) is 11.4 Å². The van der Waals surface area contributed by atoms with Crippen LogP contribution >= 0.6 is 0 Å². The summed E-state index contributed by atoms with van der Waals surface area (Å²) in [5.41, 5.74) is 4.36. The molecular weight excluding hydrogens is 353 g/mol. The van der Waals surface area contributed by atoms with Gasteiger partial charge in [-0.05, 0) is 57.5 Å². The Morgan fingerprint density at radius 1 is 0.821 bits per heavy atom. The first-order chi connectivity index (χ1) is 13.8. The highest BCUT2D eigenvalue weighted by Gasteiger charge is 2.11. The Kier molecular flexibility index (Phi) is 3.87. The van der Waals surface area contributed by atoms with Gasteiger partial charge >= 0.3 is 0 Å². The van der Waals surface area contributed by atoms with E-state index < -0.39 is 0 Å². The van der Waals surface area contributed by atoms with E-state index in [1.807, 2.05) is 60.7 Å². The molecule has 28 heavy (non-hydrogen) atoms. The zero-order valence-corrected chi connectivity index (χ0v) is 14.7. The Morgan fingerprint density at radius 3 is 2.43 bits per heavy atom. The highest BCUT2D eigenvalue weighted by Crippen LogP contribution is 2.26. The molecule has 0 atom stereocenters. The number of hydrogen-bond donors (Lipinski definition) is 0. The molecule has 0 aliphatic rings. The van der Waals surface area contributed by atoms with Crippen molar-refractivity contribution in [1.29, 1.82) is 0 Å². The van der Waals surface area contributed by atoms with Crippen molar-refractivity contribution in [3.8, 4) is 11.1 Å². The molecule has 3 aromatic carbocycles.